The summed E-state index contributed by atoms with van der Waals surface area (Å²) in [6.07, 6.45) is 4.84. The molecule has 0 aromatic carbocycles. The molecule has 1 aromatic heterocycles. The largest absolute Gasteiger partial charge is 0.387 e. The second-order valence-electron chi connectivity index (χ2n) is 4.65. The van der Waals surface area contributed by atoms with Crippen molar-refractivity contribution >= 4 is 11.6 Å². The highest BCUT2D eigenvalue weighted by Gasteiger charge is 2.33. The molecule has 0 saturated heterocycles. The number of hydrogen-bond donors (Lipinski definition) is 1. The molecular formula is C13H17N3O2. The second-order valence-corrected chi connectivity index (χ2v) is 4.65. The smallest absolute Gasteiger partial charge is 0.251 e. The third-order valence-corrected chi connectivity index (χ3v) is 2.95. The van der Waals surface area contributed by atoms with Gasteiger partial charge in [0.2, 0.25) is 0 Å². The van der Waals surface area contributed by atoms with Crippen LogP contribution in [-0.4, -0.2) is 28.7 Å². The lowest BCUT2D eigenvalue weighted by atomic mass is 9.98. The van der Waals surface area contributed by atoms with Gasteiger partial charge in [-0.25, -0.2) is 0 Å². The summed E-state index contributed by atoms with van der Waals surface area (Å²) in [6.45, 7) is 4.44. The summed E-state index contributed by atoms with van der Waals surface area (Å²) in [5.41, 5.74) is 1.22. The van der Waals surface area contributed by atoms with E-state index in [-0.39, 0.29) is 5.91 Å². The van der Waals surface area contributed by atoms with Crippen LogP contribution < -0.4 is 5.32 Å². The Kier molecular flexibility index (Phi) is 3.60. The van der Waals surface area contributed by atoms with Crippen molar-refractivity contribution < 1.29 is 9.63 Å². The highest BCUT2D eigenvalue weighted by molar-refractivity contribution is 5.94. The Bertz CT molecular complexity index is 459. The van der Waals surface area contributed by atoms with Crippen LogP contribution in [0.2, 0.25) is 0 Å². The molecule has 1 aromatic rings. The normalized spacial score (nSPS) is 22.2. The van der Waals surface area contributed by atoms with Gasteiger partial charge in [0.15, 0.2) is 5.60 Å². The highest BCUT2D eigenvalue weighted by Crippen LogP contribution is 2.23. The number of carbonyl (C=O) groups excluding carboxylic acids is 1. The summed E-state index contributed by atoms with van der Waals surface area (Å²) in [5, 5.41) is 6.87. The second kappa shape index (κ2) is 5.16. The molecule has 2 rings (SSSR count). The maximum Gasteiger partial charge on any atom is 0.251 e. The van der Waals surface area contributed by atoms with Gasteiger partial charge in [0.05, 0.1) is 12.3 Å². The molecule has 0 spiro atoms. The van der Waals surface area contributed by atoms with Gasteiger partial charge in [-0.2, -0.15) is 0 Å². The number of nitrogens with one attached hydrogen (secondary N) is 1. The molecule has 0 saturated carbocycles. The fourth-order valence-electron chi connectivity index (χ4n) is 1.83. The number of nitrogens with zero attached hydrogens (tertiary/aromatic N) is 2. The highest BCUT2D eigenvalue weighted by atomic mass is 16.7. The van der Waals surface area contributed by atoms with Crippen LogP contribution in [-0.2, 0) is 4.84 Å². The first kappa shape index (κ1) is 12.5. The lowest BCUT2D eigenvalue weighted by molar-refractivity contribution is -0.00181. The van der Waals surface area contributed by atoms with E-state index in [2.05, 4.69) is 15.5 Å². The van der Waals surface area contributed by atoms with Crippen LogP contribution in [0.5, 0.6) is 0 Å². The zero-order chi connectivity index (χ0) is 13.0. The van der Waals surface area contributed by atoms with E-state index in [1.54, 1.807) is 24.5 Å². The predicted octanol–water partition coefficient (Wildman–Crippen LogP) is 1.76. The van der Waals surface area contributed by atoms with E-state index in [1.807, 2.05) is 13.8 Å². The van der Waals surface area contributed by atoms with Crippen molar-refractivity contribution in [3.63, 3.8) is 0 Å². The Morgan fingerprint density at radius 1 is 1.50 bits per heavy atom. The summed E-state index contributed by atoms with van der Waals surface area (Å²) in [5.74, 6) is -0.118. The Morgan fingerprint density at radius 3 is 2.83 bits per heavy atom. The van der Waals surface area contributed by atoms with E-state index in [0.717, 1.165) is 18.6 Å². The summed E-state index contributed by atoms with van der Waals surface area (Å²) < 4.78 is 0. The maximum atomic E-state index is 11.9. The molecule has 1 aliphatic rings. The van der Waals surface area contributed by atoms with Gasteiger partial charge in [-0.1, -0.05) is 12.1 Å². The summed E-state index contributed by atoms with van der Waals surface area (Å²) in [7, 11) is 0. The molecule has 1 atom stereocenters. The molecule has 5 heteroatoms. The molecule has 96 valence electrons. The molecule has 0 fully saturated rings. The predicted molar refractivity (Wildman–Crippen MR) is 68.4 cm³/mol. The lowest BCUT2D eigenvalue weighted by Crippen LogP contribution is -2.40. The topological polar surface area (TPSA) is 63.6 Å². The summed E-state index contributed by atoms with van der Waals surface area (Å²) in [6, 6.07) is 3.36. The Balaban J connectivity index is 1.88. The zero-order valence-corrected chi connectivity index (χ0v) is 10.6. The molecule has 1 amide bonds. The van der Waals surface area contributed by atoms with Gasteiger partial charge in [-0.15, -0.1) is 0 Å². The van der Waals surface area contributed by atoms with Crippen molar-refractivity contribution in [2.75, 3.05) is 6.54 Å². The monoisotopic (exact) mass is 247 g/mol. The van der Waals surface area contributed by atoms with Crippen molar-refractivity contribution in [3.05, 3.63) is 30.1 Å². The van der Waals surface area contributed by atoms with Crippen molar-refractivity contribution in [1.82, 2.24) is 10.3 Å². The van der Waals surface area contributed by atoms with Crippen molar-refractivity contribution in [3.8, 4) is 0 Å². The molecule has 18 heavy (non-hydrogen) atoms. The van der Waals surface area contributed by atoms with Gasteiger partial charge >= 0.3 is 0 Å². The van der Waals surface area contributed by atoms with E-state index in [0.29, 0.717) is 12.1 Å². The number of aromatic nitrogens is 1. The average molecular weight is 247 g/mol. The minimum atomic E-state index is -0.423. The van der Waals surface area contributed by atoms with Gasteiger partial charge < -0.3 is 10.2 Å². The molecule has 0 bridgehead atoms. The number of amides is 1. The minimum Gasteiger partial charge on any atom is -0.387 e. The first-order valence-corrected chi connectivity index (χ1v) is 6.05. The van der Waals surface area contributed by atoms with E-state index < -0.39 is 5.60 Å². The van der Waals surface area contributed by atoms with Crippen LogP contribution in [0.3, 0.4) is 0 Å². The van der Waals surface area contributed by atoms with E-state index in [1.165, 1.54) is 0 Å². The first-order chi connectivity index (χ1) is 8.63. The fraction of sp³-hybridized carbons (Fsp3) is 0.462. The fourth-order valence-corrected chi connectivity index (χ4v) is 1.83. The van der Waals surface area contributed by atoms with Crippen LogP contribution in [0.4, 0.5) is 0 Å². The van der Waals surface area contributed by atoms with Crippen LogP contribution in [0, 0.1) is 0 Å². The molecule has 1 aliphatic heterocycles. The third-order valence-electron chi connectivity index (χ3n) is 2.95. The summed E-state index contributed by atoms with van der Waals surface area (Å²) in [4.78, 5) is 21.1. The van der Waals surface area contributed by atoms with Crippen molar-refractivity contribution in [1.29, 1.82) is 0 Å². The molecule has 0 aliphatic carbocycles. The van der Waals surface area contributed by atoms with Gasteiger partial charge in [0.25, 0.3) is 5.91 Å². The molecule has 1 N–H and O–H groups in total. The lowest BCUT2D eigenvalue weighted by Gasteiger charge is -2.21. The first-order valence-electron chi connectivity index (χ1n) is 6.05. The van der Waals surface area contributed by atoms with Gasteiger partial charge in [0.1, 0.15) is 0 Å². The van der Waals surface area contributed by atoms with Crippen molar-refractivity contribution in [2.45, 2.75) is 32.3 Å². The molecule has 1 unspecified atom stereocenters. The molecule has 2 heterocycles. The number of rotatable bonds is 4. The number of pyridine rings is 1. The average Bonchev–Trinajstić information content (AvgIpc) is 2.79. The number of carbonyl (C=O) groups is 1. The summed E-state index contributed by atoms with van der Waals surface area (Å²) >= 11 is 0. The minimum absolute atomic E-state index is 0.118. The Hall–Kier alpha value is -1.91. The third kappa shape index (κ3) is 2.85. The quantitative estimate of drug-likeness (QED) is 0.881. The standard InChI is InChI=1S/C13H17N3O2/c1-3-11-8-13(2,18-16-11)9-15-12(17)10-4-6-14-7-5-10/h4-7H,3,8-9H2,1-2H3,(H,15,17). The van der Waals surface area contributed by atoms with Crippen LogP contribution in [0.25, 0.3) is 0 Å². The van der Waals surface area contributed by atoms with Gasteiger partial charge in [-0.05, 0) is 25.5 Å². The van der Waals surface area contributed by atoms with Gasteiger partial charge in [-0.3, -0.25) is 9.78 Å². The van der Waals surface area contributed by atoms with E-state index in [4.69, 9.17) is 4.84 Å². The molecule has 5 nitrogen and oxygen atoms in total. The maximum absolute atomic E-state index is 11.9. The molecule has 0 radical (unpaired) electrons. The number of hydrogen-bond acceptors (Lipinski definition) is 4. The van der Waals surface area contributed by atoms with E-state index >= 15 is 0 Å². The number of oxime groups is 1. The zero-order valence-electron chi connectivity index (χ0n) is 10.6. The Labute approximate surface area is 106 Å². The van der Waals surface area contributed by atoms with Crippen LogP contribution in [0.1, 0.15) is 37.0 Å². The molecular weight excluding hydrogens is 230 g/mol. The van der Waals surface area contributed by atoms with Crippen molar-refractivity contribution in [2.24, 2.45) is 5.16 Å². The van der Waals surface area contributed by atoms with Crippen LogP contribution >= 0.6 is 0 Å². The Morgan fingerprint density at radius 2 is 2.22 bits per heavy atom. The van der Waals surface area contributed by atoms with Gasteiger partial charge in [0, 0.05) is 24.4 Å². The SMILES string of the molecule is CCC1=NOC(C)(CNC(=O)c2ccncc2)C1. The van der Waals surface area contributed by atoms with E-state index in [9.17, 15) is 4.79 Å². The van der Waals surface area contributed by atoms with Crippen LogP contribution in [0.15, 0.2) is 29.7 Å².